The lowest BCUT2D eigenvalue weighted by Gasteiger charge is -2.43. The van der Waals surface area contributed by atoms with Gasteiger partial charge in [0.25, 0.3) is 0 Å². The normalized spacial score (nSPS) is 27.8. The number of hydrogen-bond donors (Lipinski definition) is 1. The van der Waals surface area contributed by atoms with E-state index >= 15 is 0 Å². The van der Waals surface area contributed by atoms with Crippen molar-refractivity contribution in [1.29, 1.82) is 0 Å². The molecular formula is C34H27ClFN3O4S2. The molecule has 0 spiro atoms. The van der Waals surface area contributed by atoms with Gasteiger partial charge < -0.3 is 5.32 Å². The summed E-state index contributed by atoms with van der Waals surface area (Å²) in [6.07, 6.45) is 0.740. The Bertz CT molecular complexity index is 1920. The number of rotatable bonds is 5. The van der Waals surface area contributed by atoms with Crippen molar-refractivity contribution < 1.29 is 18.8 Å². The van der Waals surface area contributed by atoms with Gasteiger partial charge in [0, 0.05) is 26.8 Å². The van der Waals surface area contributed by atoms with Crippen molar-refractivity contribution in [2.45, 2.75) is 36.1 Å². The van der Waals surface area contributed by atoms with Crippen LogP contribution in [0.15, 0.2) is 82.6 Å². The maximum Gasteiger partial charge on any atom is 0.308 e. The zero-order valence-electron chi connectivity index (χ0n) is 24.0. The quantitative estimate of drug-likeness (QED) is 0.253. The maximum absolute atomic E-state index is 13.9. The van der Waals surface area contributed by atoms with Crippen molar-refractivity contribution in [1.82, 2.24) is 4.57 Å². The summed E-state index contributed by atoms with van der Waals surface area (Å²) >= 11 is 9.00. The van der Waals surface area contributed by atoms with E-state index in [1.165, 1.54) is 29.2 Å². The van der Waals surface area contributed by atoms with Crippen molar-refractivity contribution in [3.8, 4) is 0 Å². The van der Waals surface area contributed by atoms with E-state index in [2.05, 4.69) is 5.32 Å². The first-order chi connectivity index (χ1) is 21.7. The van der Waals surface area contributed by atoms with Crippen LogP contribution in [0.1, 0.15) is 28.3 Å². The van der Waals surface area contributed by atoms with E-state index in [4.69, 9.17) is 11.6 Å². The second-order valence-electron chi connectivity index (χ2n) is 12.3. The highest BCUT2D eigenvalue weighted by molar-refractivity contribution is 8.00. The highest BCUT2D eigenvalue weighted by atomic mass is 35.5. The Balaban J connectivity index is 1.17. The number of fused-ring (bicyclic) bond motifs is 9. The minimum absolute atomic E-state index is 0.00716. The Labute approximate surface area is 271 Å². The summed E-state index contributed by atoms with van der Waals surface area (Å²) in [6, 6.07) is 20.6. The van der Waals surface area contributed by atoms with Gasteiger partial charge in [-0.2, -0.15) is 0 Å². The van der Waals surface area contributed by atoms with Crippen molar-refractivity contribution in [2.24, 2.45) is 29.6 Å². The first kappa shape index (κ1) is 28.7. The van der Waals surface area contributed by atoms with Crippen molar-refractivity contribution >= 4 is 63.8 Å². The highest BCUT2D eigenvalue weighted by Gasteiger charge is 2.69. The number of thioether (sulfide) groups is 1. The number of aryl methyl sites for hydroxylation is 1. The number of aromatic nitrogens is 1. The van der Waals surface area contributed by atoms with Crippen molar-refractivity contribution in [3.05, 3.63) is 109 Å². The van der Waals surface area contributed by atoms with Gasteiger partial charge in [-0.25, -0.2) is 4.39 Å². The Hall–Kier alpha value is -3.73. The van der Waals surface area contributed by atoms with Gasteiger partial charge in [0.1, 0.15) is 12.4 Å². The first-order valence-corrected chi connectivity index (χ1v) is 16.9. The summed E-state index contributed by atoms with van der Waals surface area (Å²) in [4.78, 5) is 56.4. The predicted octanol–water partition coefficient (Wildman–Crippen LogP) is 6.33. The third-order valence-electron chi connectivity index (χ3n) is 9.90. The zero-order chi connectivity index (χ0) is 31.1. The molecule has 3 aromatic carbocycles. The number of carbonyl (C=O) groups excluding carboxylic acids is 3. The number of nitrogens with one attached hydrogen (secondary N) is 1. The molecule has 2 saturated carbocycles. The van der Waals surface area contributed by atoms with E-state index < -0.39 is 17.7 Å². The molecule has 1 saturated heterocycles. The van der Waals surface area contributed by atoms with E-state index in [1.807, 2.05) is 55.5 Å². The molecular weight excluding hydrogens is 633 g/mol. The third kappa shape index (κ3) is 4.52. The maximum atomic E-state index is 13.9. The van der Waals surface area contributed by atoms with Gasteiger partial charge in [-0.05, 0) is 85.2 Å². The Morgan fingerprint density at radius 3 is 2.29 bits per heavy atom. The number of thiazole rings is 1. The number of carbonyl (C=O) groups is 3. The largest absolute Gasteiger partial charge is 0.325 e. The topological polar surface area (TPSA) is 88.5 Å². The van der Waals surface area contributed by atoms with E-state index in [-0.39, 0.29) is 58.1 Å². The second-order valence-corrected chi connectivity index (χ2v) is 14.9. The van der Waals surface area contributed by atoms with Crippen LogP contribution >= 0.6 is 34.7 Å². The van der Waals surface area contributed by atoms with Crippen LogP contribution in [0.5, 0.6) is 0 Å². The molecule has 3 heterocycles. The average molecular weight is 660 g/mol. The van der Waals surface area contributed by atoms with Crippen LogP contribution in [0.2, 0.25) is 5.02 Å². The fourth-order valence-corrected chi connectivity index (χ4v) is 11.4. The van der Waals surface area contributed by atoms with Gasteiger partial charge in [0.15, 0.2) is 0 Å². The minimum atomic E-state index is -0.475. The molecule has 1 aromatic heterocycles. The lowest BCUT2D eigenvalue weighted by molar-refractivity contribution is -0.123. The molecule has 2 bridgehead atoms. The van der Waals surface area contributed by atoms with Crippen molar-refractivity contribution in [2.75, 3.05) is 10.2 Å². The summed E-state index contributed by atoms with van der Waals surface area (Å²) in [5.74, 6) is -2.48. The summed E-state index contributed by atoms with van der Waals surface area (Å²) in [7, 11) is 0. The molecule has 8 rings (SSSR count). The summed E-state index contributed by atoms with van der Waals surface area (Å²) in [5.41, 5.74) is 3.11. The second kappa shape index (κ2) is 10.7. The van der Waals surface area contributed by atoms with Gasteiger partial charge in [0.2, 0.25) is 17.7 Å². The molecule has 4 aliphatic rings. The molecule has 2 aliphatic heterocycles. The molecule has 2 aliphatic carbocycles. The molecule has 7 atom stereocenters. The fourth-order valence-electron chi connectivity index (χ4n) is 8.12. The first-order valence-electron chi connectivity index (χ1n) is 14.8. The molecule has 0 radical (unpaired) electrons. The Morgan fingerprint density at radius 2 is 1.60 bits per heavy atom. The lowest BCUT2D eigenvalue weighted by atomic mass is 9.68. The number of hydrogen-bond acceptors (Lipinski definition) is 6. The Morgan fingerprint density at radius 1 is 0.933 bits per heavy atom. The Kier molecular flexibility index (Phi) is 6.81. The summed E-state index contributed by atoms with van der Waals surface area (Å²) in [6.45, 7) is 1.84. The van der Waals surface area contributed by atoms with Crippen molar-refractivity contribution in [3.63, 3.8) is 0 Å². The number of halogens is 2. The monoisotopic (exact) mass is 659 g/mol. The van der Waals surface area contributed by atoms with Gasteiger partial charge >= 0.3 is 4.87 Å². The fraction of sp³-hybridized carbons (Fsp3) is 0.294. The standard InChI is InChI=1S/C34H27ClFN3O4S2/c1-16-2-10-20(11-3-16)37-24(40)15-38-33-30(45-34(38)43)25(17-4-6-18(35)7-5-17)26-22-14-23(29(26)44-33)28-27(22)31(41)39(32(28)42)21-12-8-19(36)9-13-21/h2-13,22-23,25-29H,14-15H2,1H3,(H,37,40). The number of nitrogens with zero attached hydrogens (tertiary/aromatic N) is 2. The molecule has 11 heteroatoms. The minimum Gasteiger partial charge on any atom is -0.325 e. The van der Waals surface area contributed by atoms with Crippen LogP contribution in [0, 0.1) is 42.3 Å². The number of benzene rings is 3. The molecule has 228 valence electrons. The number of anilines is 2. The smallest absolute Gasteiger partial charge is 0.308 e. The van der Waals surface area contributed by atoms with Crippen LogP contribution in [0.25, 0.3) is 0 Å². The number of imide groups is 1. The summed E-state index contributed by atoms with van der Waals surface area (Å²) in [5, 5.41) is 4.21. The van der Waals surface area contributed by atoms with Gasteiger partial charge in [-0.3, -0.25) is 28.6 Å². The van der Waals surface area contributed by atoms with Crippen LogP contribution in [0.3, 0.4) is 0 Å². The zero-order valence-corrected chi connectivity index (χ0v) is 26.4. The molecule has 3 amide bonds. The molecule has 1 N–H and O–H groups in total. The van der Waals surface area contributed by atoms with E-state index in [0.717, 1.165) is 38.8 Å². The molecule has 45 heavy (non-hydrogen) atoms. The third-order valence-corrected chi connectivity index (χ3v) is 12.9. The van der Waals surface area contributed by atoms with Crippen LogP contribution in [0.4, 0.5) is 15.8 Å². The van der Waals surface area contributed by atoms with Crippen LogP contribution < -0.4 is 15.1 Å². The average Bonchev–Trinajstić information content (AvgIpc) is 3.74. The van der Waals surface area contributed by atoms with Gasteiger partial charge in [0.05, 0.1) is 22.5 Å². The van der Waals surface area contributed by atoms with Gasteiger partial charge in [-0.1, -0.05) is 52.8 Å². The van der Waals surface area contributed by atoms with E-state index in [1.54, 1.807) is 16.3 Å². The predicted molar refractivity (Wildman–Crippen MR) is 172 cm³/mol. The van der Waals surface area contributed by atoms with E-state index in [9.17, 15) is 23.6 Å². The molecule has 7 nitrogen and oxygen atoms in total. The summed E-state index contributed by atoms with van der Waals surface area (Å²) < 4.78 is 15.2. The number of amides is 3. The highest BCUT2D eigenvalue weighted by Crippen LogP contribution is 2.69. The van der Waals surface area contributed by atoms with Crippen LogP contribution in [-0.4, -0.2) is 27.5 Å². The lowest BCUT2D eigenvalue weighted by Crippen LogP contribution is -2.43. The molecule has 7 unspecified atom stereocenters. The van der Waals surface area contributed by atoms with Crippen LogP contribution in [-0.2, 0) is 20.9 Å². The molecule has 4 aromatic rings. The SMILES string of the molecule is Cc1ccc(NC(=O)Cn2c3c(sc2=O)C(c2ccc(Cl)cc2)C2C4CC(C2S3)C2C(=O)N(c3ccc(F)cc3)C(=O)C42)cc1. The van der Waals surface area contributed by atoms with E-state index in [0.29, 0.717) is 16.4 Å². The van der Waals surface area contributed by atoms with Gasteiger partial charge in [-0.15, -0.1) is 11.8 Å². The molecule has 3 fully saturated rings.